The molecule has 1 aliphatic carbocycles. The average Bonchev–Trinajstić information content (AvgIpc) is 2.55. The van der Waals surface area contributed by atoms with Gasteiger partial charge < -0.3 is 19.9 Å². The third kappa shape index (κ3) is 1.80. The number of fused-ring (bicyclic) bond motifs is 2. The second-order valence-electron chi connectivity index (χ2n) is 5.99. The molecule has 0 fully saturated rings. The van der Waals surface area contributed by atoms with Crippen LogP contribution in [-0.4, -0.2) is 25.9 Å². The van der Waals surface area contributed by atoms with Crippen molar-refractivity contribution in [2.75, 3.05) is 20.8 Å². The van der Waals surface area contributed by atoms with Crippen LogP contribution in [0.15, 0.2) is 24.3 Å². The van der Waals surface area contributed by atoms with Crippen LogP contribution in [0.25, 0.3) is 11.1 Å². The van der Waals surface area contributed by atoms with Gasteiger partial charge in [-0.2, -0.15) is 0 Å². The molecule has 0 radical (unpaired) electrons. The maximum atomic E-state index is 9.93. The second-order valence-corrected chi connectivity index (χ2v) is 5.99. The van der Waals surface area contributed by atoms with Crippen LogP contribution in [0, 0.1) is 0 Å². The van der Waals surface area contributed by atoms with E-state index >= 15 is 0 Å². The van der Waals surface area contributed by atoms with E-state index in [1.807, 2.05) is 12.1 Å². The van der Waals surface area contributed by atoms with Crippen LogP contribution < -0.4 is 14.8 Å². The molecule has 4 rings (SSSR count). The molecule has 0 saturated heterocycles. The van der Waals surface area contributed by atoms with Crippen molar-refractivity contribution in [1.29, 1.82) is 0 Å². The Bertz CT molecular complexity index is 754. The number of methoxy groups -OCH3 is 2. The summed E-state index contributed by atoms with van der Waals surface area (Å²) in [5.41, 5.74) is 6.11. The van der Waals surface area contributed by atoms with Crippen LogP contribution in [0.1, 0.15) is 22.7 Å². The second kappa shape index (κ2) is 4.92. The van der Waals surface area contributed by atoms with Crippen LogP contribution in [0.4, 0.5) is 0 Å². The lowest BCUT2D eigenvalue weighted by Gasteiger charge is -2.33. The molecule has 0 bridgehead atoms. The van der Waals surface area contributed by atoms with E-state index < -0.39 is 0 Å². The Hall–Kier alpha value is -2.20. The molecule has 0 spiro atoms. The van der Waals surface area contributed by atoms with Gasteiger partial charge in [0.1, 0.15) is 11.8 Å². The first kappa shape index (κ1) is 13.5. The molecule has 0 amide bonds. The summed E-state index contributed by atoms with van der Waals surface area (Å²) in [6, 6.07) is 8.17. The van der Waals surface area contributed by atoms with Crippen LogP contribution in [0.3, 0.4) is 0 Å². The number of quaternary nitrogens is 1. The van der Waals surface area contributed by atoms with Gasteiger partial charge in [0.25, 0.3) is 0 Å². The normalized spacial score (nSPS) is 18.4. The van der Waals surface area contributed by atoms with Gasteiger partial charge >= 0.3 is 0 Å². The summed E-state index contributed by atoms with van der Waals surface area (Å²) in [6.45, 7) is 1.10. The first-order valence-corrected chi connectivity index (χ1v) is 7.66. The van der Waals surface area contributed by atoms with Crippen LogP contribution >= 0.6 is 0 Å². The lowest BCUT2D eigenvalue weighted by atomic mass is 9.77. The van der Waals surface area contributed by atoms with E-state index in [0.717, 1.165) is 42.0 Å². The molecule has 1 atom stereocenters. The number of ether oxygens (including phenoxy) is 2. The number of aromatic hydroxyl groups is 1. The minimum atomic E-state index is 0.288. The predicted molar refractivity (Wildman–Crippen MR) is 83.6 cm³/mol. The molecule has 0 aromatic heterocycles. The van der Waals surface area contributed by atoms with E-state index in [9.17, 15) is 5.11 Å². The molecule has 1 heterocycles. The highest BCUT2D eigenvalue weighted by Crippen LogP contribution is 2.50. The van der Waals surface area contributed by atoms with Crippen molar-refractivity contribution in [3.8, 4) is 28.4 Å². The summed E-state index contributed by atoms with van der Waals surface area (Å²) in [6.07, 6.45) is 2.03. The zero-order valence-corrected chi connectivity index (χ0v) is 12.8. The monoisotopic (exact) mass is 298 g/mol. The van der Waals surface area contributed by atoms with Crippen molar-refractivity contribution >= 4 is 0 Å². The van der Waals surface area contributed by atoms with E-state index in [2.05, 4.69) is 11.4 Å². The Morgan fingerprint density at radius 2 is 2.00 bits per heavy atom. The Balaban J connectivity index is 2.09. The minimum absolute atomic E-state index is 0.288. The van der Waals surface area contributed by atoms with E-state index in [4.69, 9.17) is 9.47 Å². The highest BCUT2D eigenvalue weighted by Gasteiger charge is 2.36. The third-order valence-electron chi connectivity index (χ3n) is 4.83. The lowest BCUT2D eigenvalue weighted by Crippen LogP contribution is -2.87. The maximum Gasteiger partial charge on any atom is 0.169 e. The van der Waals surface area contributed by atoms with Gasteiger partial charge in [-0.05, 0) is 34.9 Å². The molecule has 0 saturated carbocycles. The number of benzene rings is 2. The topological polar surface area (TPSA) is 55.3 Å². The average molecular weight is 298 g/mol. The fourth-order valence-corrected chi connectivity index (χ4v) is 3.92. The van der Waals surface area contributed by atoms with E-state index in [-0.39, 0.29) is 5.75 Å². The molecule has 4 nitrogen and oxygen atoms in total. The summed E-state index contributed by atoms with van der Waals surface area (Å²) < 4.78 is 11.2. The van der Waals surface area contributed by atoms with Gasteiger partial charge in [-0.1, -0.05) is 6.07 Å². The molecule has 114 valence electrons. The van der Waals surface area contributed by atoms with Crippen molar-refractivity contribution in [2.24, 2.45) is 0 Å². The summed E-state index contributed by atoms with van der Waals surface area (Å²) >= 11 is 0. The van der Waals surface area contributed by atoms with Crippen LogP contribution in [0.5, 0.6) is 17.2 Å². The predicted octanol–water partition coefficient (Wildman–Crippen LogP) is 1.79. The van der Waals surface area contributed by atoms with Crippen molar-refractivity contribution < 1.29 is 19.9 Å². The molecular formula is C18H20NO3+. The number of hydrogen-bond acceptors (Lipinski definition) is 3. The Morgan fingerprint density at radius 1 is 1.14 bits per heavy atom. The fourth-order valence-electron chi connectivity index (χ4n) is 3.92. The number of rotatable bonds is 2. The van der Waals surface area contributed by atoms with Crippen molar-refractivity contribution in [1.82, 2.24) is 0 Å². The summed E-state index contributed by atoms with van der Waals surface area (Å²) in [7, 11) is 3.36. The van der Waals surface area contributed by atoms with Gasteiger partial charge in [0.05, 0.1) is 20.8 Å². The standard InChI is InChI=1S/C18H19NO3/c1-21-15-8-11-5-6-19-14-7-10-3-4-12(20)9-13(10)17(16(11)14)18(15)22-2/h3-4,8-9,14,19-20H,5-7H2,1-2H3/p+1/t14-/m0/s1. The van der Waals surface area contributed by atoms with Crippen LogP contribution in [0.2, 0.25) is 0 Å². The van der Waals surface area contributed by atoms with Gasteiger partial charge in [-0.15, -0.1) is 0 Å². The number of hydrogen-bond donors (Lipinski definition) is 2. The minimum Gasteiger partial charge on any atom is -0.508 e. The largest absolute Gasteiger partial charge is 0.508 e. The molecule has 2 aromatic carbocycles. The fraction of sp³-hybridized carbons (Fsp3) is 0.333. The zero-order valence-electron chi connectivity index (χ0n) is 12.8. The first-order chi connectivity index (χ1) is 10.7. The SMILES string of the molecule is COc1cc2c3c(c1OC)-c1cc(O)ccc1C[C@@H]3[NH2+]CC2. The molecule has 2 aromatic rings. The van der Waals surface area contributed by atoms with Gasteiger partial charge in [0.2, 0.25) is 0 Å². The summed E-state index contributed by atoms with van der Waals surface area (Å²) in [5, 5.41) is 12.3. The Kier molecular flexibility index (Phi) is 3.01. The summed E-state index contributed by atoms with van der Waals surface area (Å²) in [5.74, 6) is 1.83. The third-order valence-corrected chi connectivity index (χ3v) is 4.83. The highest BCUT2D eigenvalue weighted by molar-refractivity contribution is 5.83. The molecule has 3 N–H and O–H groups in total. The van der Waals surface area contributed by atoms with Crippen molar-refractivity contribution in [2.45, 2.75) is 18.9 Å². The molecular weight excluding hydrogens is 278 g/mol. The first-order valence-electron chi connectivity index (χ1n) is 7.66. The van der Waals surface area contributed by atoms with Crippen molar-refractivity contribution in [3.63, 3.8) is 0 Å². The van der Waals surface area contributed by atoms with Crippen molar-refractivity contribution in [3.05, 3.63) is 41.0 Å². The highest BCUT2D eigenvalue weighted by atomic mass is 16.5. The zero-order chi connectivity index (χ0) is 15.3. The maximum absolute atomic E-state index is 9.93. The van der Waals surface area contributed by atoms with Gasteiger partial charge in [0, 0.05) is 24.0 Å². The quantitative estimate of drug-likeness (QED) is 0.889. The van der Waals surface area contributed by atoms with Gasteiger partial charge in [0.15, 0.2) is 11.5 Å². The smallest absolute Gasteiger partial charge is 0.169 e. The van der Waals surface area contributed by atoms with E-state index in [1.165, 1.54) is 16.7 Å². The molecule has 1 aliphatic heterocycles. The lowest BCUT2D eigenvalue weighted by molar-refractivity contribution is -0.698. The number of phenols is 1. The van der Waals surface area contributed by atoms with Gasteiger partial charge in [-0.25, -0.2) is 0 Å². The Morgan fingerprint density at radius 3 is 2.77 bits per heavy atom. The Labute approximate surface area is 129 Å². The molecule has 22 heavy (non-hydrogen) atoms. The number of nitrogens with two attached hydrogens (primary N) is 1. The van der Waals surface area contributed by atoms with Gasteiger partial charge in [-0.3, -0.25) is 0 Å². The van der Waals surface area contributed by atoms with Crippen LogP contribution in [-0.2, 0) is 12.8 Å². The molecule has 2 aliphatic rings. The number of phenolic OH excluding ortho intramolecular Hbond substituents is 1. The molecule has 0 unspecified atom stereocenters. The summed E-state index contributed by atoms with van der Waals surface area (Å²) in [4.78, 5) is 0. The van der Waals surface area contributed by atoms with E-state index in [0.29, 0.717) is 6.04 Å². The molecule has 4 heteroatoms. The van der Waals surface area contributed by atoms with E-state index in [1.54, 1.807) is 20.3 Å².